The van der Waals surface area contributed by atoms with Crippen molar-refractivity contribution in [3.8, 4) is 5.75 Å². The van der Waals surface area contributed by atoms with Crippen molar-refractivity contribution >= 4 is 27.2 Å². The lowest BCUT2D eigenvalue weighted by Gasteiger charge is -2.07. The minimum absolute atomic E-state index is 0.157. The van der Waals surface area contributed by atoms with Gasteiger partial charge in [-0.15, -0.1) is 0 Å². The van der Waals surface area contributed by atoms with Crippen LogP contribution in [0.5, 0.6) is 5.75 Å². The summed E-state index contributed by atoms with van der Waals surface area (Å²) in [5, 5.41) is 0. The Labute approximate surface area is 94.8 Å². The van der Waals surface area contributed by atoms with Crippen LogP contribution in [0, 0.1) is 6.92 Å². The molecule has 0 unspecified atom stereocenters. The average molecular weight is 269 g/mol. The van der Waals surface area contributed by atoms with E-state index in [1.807, 2.05) is 12.1 Å². The molecule has 0 radical (unpaired) electrons. The molecule has 0 aliphatic rings. The molecule has 2 rings (SSSR count). The van der Waals surface area contributed by atoms with E-state index < -0.39 is 0 Å². The zero-order valence-electron chi connectivity index (χ0n) is 8.32. The van der Waals surface area contributed by atoms with Gasteiger partial charge in [0, 0.05) is 0 Å². The number of methoxy groups -OCH3 is 1. The summed E-state index contributed by atoms with van der Waals surface area (Å²) in [6.45, 7) is 1.67. The van der Waals surface area contributed by atoms with E-state index in [2.05, 4.69) is 21.1 Å². The summed E-state index contributed by atoms with van der Waals surface area (Å²) < 4.78 is 6.57. The van der Waals surface area contributed by atoms with Gasteiger partial charge in [0.2, 0.25) is 0 Å². The van der Waals surface area contributed by atoms with Gasteiger partial charge in [-0.3, -0.25) is 4.79 Å². The van der Waals surface area contributed by atoms with Crippen molar-refractivity contribution in [3.05, 3.63) is 34.2 Å². The van der Waals surface area contributed by atoms with E-state index in [4.69, 9.17) is 4.74 Å². The molecule has 1 aromatic carbocycles. The van der Waals surface area contributed by atoms with Crippen LogP contribution >= 0.6 is 16.1 Å². The lowest BCUT2D eigenvalue weighted by Crippen LogP contribution is -2.17. The van der Waals surface area contributed by atoms with Gasteiger partial charge in [0.05, 0.1) is 28.8 Å². The molecule has 0 N–H and O–H groups in total. The lowest BCUT2D eigenvalue weighted by atomic mass is 10.2. The summed E-state index contributed by atoms with van der Waals surface area (Å²) in [7, 11) is 1.58. The third kappa shape index (κ3) is 1.52. The Morgan fingerprint density at radius 3 is 2.87 bits per heavy atom. The first-order chi connectivity index (χ1) is 7.15. The number of halogens is 1. The molecule has 0 atom stereocenters. The summed E-state index contributed by atoms with van der Waals surface area (Å²) in [4.78, 5) is 15.8. The van der Waals surface area contributed by atoms with Gasteiger partial charge in [-0.25, -0.2) is 8.58 Å². The summed E-state index contributed by atoms with van der Waals surface area (Å²) in [6.07, 6.45) is 0. The van der Waals surface area contributed by atoms with Crippen molar-refractivity contribution in [1.82, 2.24) is 8.58 Å². The molecule has 0 aliphatic heterocycles. The molecule has 1 aromatic heterocycles. The third-order valence-electron chi connectivity index (χ3n) is 2.18. The maximum Gasteiger partial charge on any atom is 0.282 e. The van der Waals surface area contributed by atoms with Crippen molar-refractivity contribution in [1.29, 1.82) is 0 Å². The second-order valence-electron chi connectivity index (χ2n) is 3.11. The topological polar surface area (TPSA) is 44.1 Å². The second kappa shape index (κ2) is 3.66. The van der Waals surface area contributed by atoms with E-state index in [1.54, 1.807) is 20.1 Å². The number of ether oxygens (including phenoxy) is 1. The Bertz CT molecular complexity index is 577. The van der Waals surface area contributed by atoms with Crippen LogP contribution in [0.4, 0.5) is 0 Å². The Morgan fingerprint density at radius 2 is 2.20 bits per heavy atom. The standard InChI is InChI=1S/C10H9BrN2O2/c1-6-10(14)13(11)7-4-3-5-8(15-2)9(7)12-6/h3-5H,1-2H3. The molecule has 15 heavy (non-hydrogen) atoms. The number of hydrogen-bond donors (Lipinski definition) is 0. The lowest BCUT2D eigenvalue weighted by molar-refractivity contribution is 0.418. The number of hydrogen-bond acceptors (Lipinski definition) is 3. The van der Waals surface area contributed by atoms with Crippen molar-refractivity contribution < 1.29 is 4.74 Å². The Balaban J connectivity index is 2.98. The van der Waals surface area contributed by atoms with Gasteiger partial charge in [-0.2, -0.15) is 0 Å². The van der Waals surface area contributed by atoms with Crippen LogP contribution in [-0.4, -0.2) is 15.7 Å². The molecule has 0 bridgehead atoms. The molecule has 0 spiro atoms. The highest BCUT2D eigenvalue weighted by atomic mass is 79.9. The number of para-hydroxylation sites is 1. The number of rotatable bonds is 1. The van der Waals surface area contributed by atoms with Crippen LogP contribution in [0.25, 0.3) is 11.0 Å². The van der Waals surface area contributed by atoms with Crippen molar-refractivity contribution in [2.75, 3.05) is 7.11 Å². The first-order valence-electron chi connectivity index (χ1n) is 4.37. The molecule has 4 nitrogen and oxygen atoms in total. The molecule has 0 aliphatic carbocycles. The van der Waals surface area contributed by atoms with E-state index in [-0.39, 0.29) is 5.56 Å². The normalized spacial score (nSPS) is 10.6. The monoisotopic (exact) mass is 268 g/mol. The molecule has 0 saturated carbocycles. The number of aryl methyl sites for hydroxylation is 1. The van der Waals surface area contributed by atoms with Crippen LogP contribution < -0.4 is 10.3 Å². The third-order valence-corrected chi connectivity index (χ3v) is 2.88. The molecule has 0 fully saturated rings. The first kappa shape index (κ1) is 10.2. The van der Waals surface area contributed by atoms with E-state index in [0.717, 1.165) is 0 Å². The smallest absolute Gasteiger partial charge is 0.282 e. The fourth-order valence-corrected chi connectivity index (χ4v) is 1.96. The second-order valence-corrected chi connectivity index (χ2v) is 3.82. The molecular weight excluding hydrogens is 260 g/mol. The number of nitrogens with zero attached hydrogens (tertiary/aromatic N) is 2. The summed E-state index contributed by atoms with van der Waals surface area (Å²) in [5.74, 6) is 0.656. The van der Waals surface area contributed by atoms with E-state index >= 15 is 0 Å². The van der Waals surface area contributed by atoms with Crippen LogP contribution in [0.1, 0.15) is 5.69 Å². The number of fused-ring (bicyclic) bond motifs is 1. The van der Waals surface area contributed by atoms with Crippen molar-refractivity contribution in [2.24, 2.45) is 0 Å². The zero-order valence-corrected chi connectivity index (χ0v) is 9.91. The SMILES string of the molecule is COc1cccc2c1nc(C)c(=O)n2Br. The predicted molar refractivity (Wildman–Crippen MR) is 61.6 cm³/mol. The minimum atomic E-state index is -0.157. The van der Waals surface area contributed by atoms with Crippen molar-refractivity contribution in [3.63, 3.8) is 0 Å². The van der Waals surface area contributed by atoms with Gasteiger partial charge in [-0.1, -0.05) is 6.07 Å². The Hall–Kier alpha value is -1.36. The van der Waals surface area contributed by atoms with Crippen molar-refractivity contribution in [2.45, 2.75) is 6.92 Å². The maximum atomic E-state index is 11.6. The molecular formula is C10H9BrN2O2. The highest BCUT2D eigenvalue weighted by Gasteiger charge is 2.09. The highest BCUT2D eigenvalue weighted by Crippen LogP contribution is 2.22. The molecule has 78 valence electrons. The molecule has 0 amide bonds. The molecule has 5 heteroatoms. The van der Waals surface area contributed by atoms with E-state index in [0.29, 0.717) is 22.5 Å². The van der Waals surface area contributed by atoms with E-state index in [1.165, 1.54) is 3.59 Å². The number of benzene rings is 1. The largest absolute Gasteiger partial charge is 0.494 e. The first-order valence-corrected chi connectivity index (χ1v) is 5.08. The highest BCUT2D eigenvalue weighted by molar-refractivity contribution is 9.08. The zero-order chi connectivity index (χ0) is 11.0. The fourth-order valence-electron chi connectivity index (χ4n) is 1.41. The van der Waals surface area contributed by atoms with Gasteiger partial charge >= 0.3 is 0 Å². The van der Waals surface area contributed by atoms with Gasteiger partial charge < -0.3 is 4.74 Å². The Morgan fingerprint density at radius 1 is 1.47 bits per heavy atom. The predicted octanol–water partition coefficient (Wildman–Crippen LogP) is 1.87. The summed E-state index contributed by atoms with van der Waals surface area (Å²) in [5.41, 5.74) is 1.65. The molecule has 1 heterocycles. The summed E-state index contributed by atoms with van der Waals surface area (Å²) in [6, 6.07) is 5.43. The van der Waals surface area contributed by atoms with Gasteiger partial charge in [0.15, 0.2) is 0 Å². The molecule has 0 saturated heterocycles. The molecule has 2 aromatic rings. The summed E-state index contributed by atoms with van der Waals surface area (Å²) >= 11 is 3.20. The average Bonchev–Trinajstić information content (AvgIpc) is 2.25. The minimum Gasteiger partial charge on any atom is -0.494 e. The van der Waals surface area contributed by atoms with Gasteiger partial charge in [0.25, 0.3) is 5.56 Å². The van der Waals surface area contributed by atoms with Crippen LogP contribution in [0.15, 0.2) is 23.0 Å². The van der Waals surface area contributed by atoms with Crippen LogP contribution in [0.2, 0.25) is 0 Å². The maximum absolute atomic E-state index is 11.6. The van der Waals surface area contributed by atoms with E-state index in [9.17, 15) is 4.79 Å². The number of aromatic nitrogens is 2. The van der Waals surface area contributed by atoms with Gasteiger partial charge in [0.1, 0.15) is 17.0 Å². The van der Waals surface area contributed by atoms with Crippen LogP contribution in [-0.2, 0) is 0 Å². The Kier molecular flexibility index (Phi) is 2.48. The fraction of sp³-hybridized carbons (Fsp3) is 0.200. The quantitative estimate of drug-likeness (QED) is 0.793. The van der Waals surface area contributed by atoms with Crippen LogP contribution in [0.3, 0.4) is 0 Å². The van der Waals surface area contributed by atoms with Gasteiger partial charge in [-0.05, 0) is 19.1 Å².